The molecule has 1 amide bonds. The van der Waals surface area contributed by atoms with Crippen LogP contribution in [0.1, 0.15) is 23.2 Å². The fourth-order valence-corrected chi connectivity index (χ4v) is 4.87. The quantitative estimate of drug-likeness (QED) is 0.882. The Morgan fingerprint density at radius 2 is 2.07 bits per heavy atom. The number of amides is 1. The summed E-state index contributed by atoms with van der Waals surface area (Å²) in [6.07, 6.45) is 3.86. The lowest BCUT2D eigenvalue weighted by Gasteiger charge is -2.34. The molecule has 0 bridgehead atoms. The van der Waals surface area contributed by atoms with Gasteiger partial charge in [0.15, 0.2) is 5.78 Å². The minimum absolute atomic E-state index is 0.0269. The standard InChI is InChI=1S/C21H20N2O3S/c1-3-13-15(24)11-21(26-16(13)4-2)9-10-23(12-21)20(25)18-14-7-5-6-8-17(14)27-19(18)22/h3-8H,1-2,9-12,22H2. The summed E-state index contributed by atoms with van der Waals surface area (Å²) in [5.41, 5.74) is 6.44. The summed E-state index contributed by atoms with van der Waals surface area (Å²) >= 11 is 1.41. The van der Waals surface area contributed by atoms with Gasteiger partial charge < -0.3 is 15.4 Å². The Hall–Kier alpha value is -2.86. The molecular weight excluding hydrogens is 360 g/mol. The number of benzene rings is 1. The molecule has 1 fully saturated rings. The minimum Gasteiger partial charge on any atom is -0.484 e. The molecule has 1 saturated heterocycles. The first-order valence-electron chi connectivity index (χ1n) is 8.75. The number of hydrogen-bond donors (Lipinski definition) is 1. The van der Waals surface area contributed by atoms with Crippen molar-refractivity contribution in [1.29, 1.82) is 0 Å². The number of Topliss-reactive ketones (excluding diaryl/α,β-unsaturated/α-hetero) is 1. The van der Waals surface area contributed by atoms with Gasteiger partial charge in [0, 0.05) is 23.1 Å². The van der Waals surface area contributed by atoms with E-state index in [1.165, 1.54) is 23.5 Å². The van der Waals surface area contributed by atoms with E-state index in [1.807, 2.05) is 24.3 Å². The van der Waals surface area contributed by atoms with Gasteiger partial charge in [0.05, 0.1) is 29.1 Å². The number of carbonyl (C=O) groups is 2. The van der Waals surface area contributed by atoms with Crippen LogP contribution in [-0.4, -0.2) is 35.3 Å². The molecule has 4 rings (SSSR count). The van der Waals surface area contributed by atoms with Gasteiger partial charge in [0.25, 0.3) is 5.91 Å². The van der Waals surface area contributed by atoms with E-state index in [0.717, 1.165) is 10.1 Å². The maximum Gasteiger partial charge on any atom is 0.257 e. The van der Waals surface area contributed by atoms with Crippen molar-refractivity contribution in [3.63, 3.8) is 0 Å². The van der Waals surface area contributed by atoms with Crippen LogP contribution in [-0.2, 0) is 9.53 Å². The van der Waals surface area contributed by atoms with Gasteiger partial charge in [-0.3, -0.25) is 9.59 Å². The van der Waals surface area contributed by atoms with Crippen molar-refractivity contribution in [3.05, 3.63) is 66.5 Å². The van der Waals surface area contributed by atoms with Gasteiger partial charge in [-0.1, -0.05) is 37.4 Å². The van der Waals surface area contributed by atoms with E-state index in [1.54, 1.807) is 4.90 Å². The van der Waals surface area contributed by atoms with Crippen molar-refractivity contribution in [2.45, 2.75) is 18.4 Å². The zero-order chi connectivity index (χ0) is 19.2. The van der Waals surface area contributed by atoms with Crippen LogP contribution >= 0.6 is 11.3 Å². The zero-order valence-corrected chi connectivity index (χ0v) is 15.7. The highest BCUT2D eigenvalue weighted by Crippen LogP contribution is 2.40. The van der Waals surface area contributed by atoms with Gasteiger partial charge in [-0.05, 0) is 12.1 Å². The number of fused-ring (bicyclic) bond motifs is 1. The van der Waals surface area contributed by atoms with E-state index >= 15 is 0 Å². The van der Waals surface area contributed by atoms with Crippen molar-refractivity contribution < 1.29 is 14.3 Å². The number of hydrogen-bond acceptors (Lipinski definition) is 5. The molecule has 3 heterocycles. The molecule has 0 saturated carbocycles. The van der Waals surface area contributed by atoms with E-state index < -0.39 is 5.60 Å². The first-order chi connectivity index (χ1) is 13.0. The molecule has 138 valence electrons. The lowest BCUT2D eigenvalue weighted by atomic mass is 9.89. The van der Waals surface area contributed by atoms with Crippen LogP contribution in [0.15, 0.2) is 60.9 Å². The lowest BCUT2D eigenvalue weighted by molar-refractivity contribution is -0.123. The number of nitrogens with zero attached hydrogens (tertiary/aromatic N) is 1. The van der Waals surface area contributed by atoms with Crippen LogP contribution in [0.5, 0.6) is 0 Å². The maximum absolute atomic E-state index is 13.2. The van der Waals surface area contributed by atoms with Crippen LogP contribution in [0, 0.1) is 0 Å². The molecule has 5 nitrogen and oxygen atoms in total. The zero-order valence-electron chi connectivity index (χ0n) is 14.9. The van der Waals surface area contributed by atoms with Crippen molar-refractivity contribution in [2.75, 3.05) is 18.8 Å². The molecule has 2 aromatic rings. The third-order valence-electron chi connectivity index (χ3n) is 5.20. The van der Waals surface area contributed by atoms with Crippen LogP contribution in [0.25, 0.3) is 10.1 Å². The second kappa shape index (κ2) is 6.39. The average molecular weight is 380 g/mol. The number of likely N-dealkylation sites (tertiary alicyclic amines) is 1. The second-order valence-corrected chi connectivity index (χ2v) is 7.97. The normalized spacial score (nSPS) is 22.4. The highest BCUT2D eigenvalue weighted by Gasteiger charge is 2.47. The number of allylic oxidation sites excluding steroid dienone is 3. The number of anilines is 1. The molecule has 1 spiro atoms. The number of nitrogen functional groups attached to an aromatic ring is 1. The number of nitrogens with two attached hydrogens (primary N) is 1. The Balaban J connectivity index is 1.63. The third kappa shape index (κ3) is 2.77. The van der Waals surface area contributed by atoms with E-state index in [0.29, 0.717) is 41.4 Å². The molecule has 1 aromatic carbocycles. The molecule has 1 aromatic heterocycles. The summed E-state index contributed by atoms with van der Waals surface area (Å²) in [4.78, 5) is 27.4. The van der Waals surface area contributed by atoms with E-state index in [-0.39, 0.29) is 18.1 Å². The second-order valence-electron chi connectivity index (χ2n) is 6.89. The first-order valence-corrected chi connectivity index (χ1v) is 9.57. The summed E-state index contributed by atoms with van der Waals surface area (Å²) in [7, 11) is 0. The maximum atomic E-state index is 13.2. The van der Waals surface area contributed by atoms with Crippen LogP contribution in [0.2, 0.25) is 0 Å². The van der Waals surface area contributed by atoms with Gasteiger partial charge in [-0.15, -0.1) is 11.3 Å². The number of ketones is 1. The Kier molecular flexibility index (Phi) is 4.15. The van der Waals surface area contributed by atoms with Gasteiger partial charge in [0.2, 0.25) is 0 Å². The molecule has 2 aliphatic heterocycles. The number of carbonyl (C=O) groups excluding carboxylic acids is 2. The number of ether oxygens (including phenoxy) is 1. The van der Waals surface area contributed by atoms with Gasteiger partial charge in [-0.2, -0.15) is 0 Å². The van der Waals surface area contributed by atoms with Crippen molar-refractivity contribution >= 4 is 38.1 Å². The Labute approximate surface area is 161 Å². The predicted molar refractivity (Wildman–Crippen MR) is 108 cm³/mol. The van der Waals surface area contributed by atoms with E-state index in [4.69, 9.17) is 10.5 Å². The largest absolute Gasteiger partial charge is 0.484 e. The average Bonchev–Trinajstić information content (AvgIpc) is 3.21. The highest BCUT2D eigenvalue weighted by molar-refractivity contribution is 7.23. The topological polar surface area (TPSA) is 72.6 Å². The third-order valence-corrected chi connectivity index (χ3v) is 6.20. The summed E-state index contributed by atoms with van der Waals surface area (Å²) in [6, 6.07) is 7.70. The molecule has 6 heteroatoms. The molecule has 0 aliphatic carbocycles. The fourth-order valence-electron chi connectivity index (χ4n) is 3.90. The molecule has 2 N–H and O–H groups in total. The molecule has 1 unspecified atom stereocenters. The van der Waals surface area contributed by atoms with Crippen LogP contribution < -0.4 is 5.73 Å². The molecule has 2 aliphatic rings. The SMILES string of the molecule is C=CC1=C(C=C)C(=O)CC2(CCN(C(=O)c3c(N)sc4ccccc34)C2)O1. The minimum atomic E-state index is -0.705. The number of thiophene rings is 1. The van der Waals surface area contributed by atoms with Crippen molar-refractivity contribution in [1.82, 2.24) is 4.90 Å². The smallest absolute Gasteiger partial charge is 0.257 e. The number of rotatable bonds is 3. The van der Waals surface area contributed by atoms with Crippen molar-refractivity contribution in [2.24, 2.45) is 0 Å². The van der Waals surface area contributed by atoms with Crippen LogP contribution in [0.4, 0.5) is 5.00 Å². The Bertz CT molecular complexity index is 1020. The summed E-state index contributed by atoms with van der Waals surface area (Å²) < 4.78 is 7.11. The summed E-state index contributed by atoms with van der Waals surface area (Å²) in [5, 5.41) is 1.38. The summed E-state index contributed by atoms with van der Waals surface area (Å²) in [5.74, 6) is 0.300. The van der Waals surface area contributed by atoms with Gasteiger partial charge >= 0.3 is 0 Å². The van der Waals surface area contributed by atoms with E-state index in [2.05, 4.69) is 13.2 Å². The lowest BCUT2D eigenvalue weighted by Crippen LogP contribution is -2.42. The van der Waals surface area contributed by atoms with Crippen molar-refractivity contribution in [3.8, 4) is 0 Å². The highest BCUT2D eigenvalue weighted by atomic mass is 32.1. The predicted octanol–water partition coefficient (Wildman–Crippen LogP) is 3.68. The van der Waals surface area contributed by atoms with Crippen LogP contribution in [0.3, 0.4) is 0 Å². The monoisotopic (exact) mass is 380 g/mol. The molecule has 1 atom stereocenters. The van der Waals surface area contributed by atoms with E-state index in [9.17, 15) is 9.59 Å². The first kappa shape index (κ1) is 17.5. The molecule has 0 radical (unpaired) electrons. The van der Waals surface area contributed by atoms with Gasteiger partial charge in [0.1, 0.15) is 11.4 Å². The Morgan fingerprint density at radius 3 is 2.81 bits per heavy atom. The molecule has 27 heavy (non-hydrogen) atoms. The Morgan fingerprint density at radius 1 is 1.30 bits per heavy atom. The molecular formula is C21H20N2O3S. The fraction of sp³-hybridized carbons (Fsp3) is 0.238. The summed E-state index contributed by atoms with van der Waals surface area (Å²) in [6.45, 7) is 8.28. The van der Waals surface area contributed by atoms with Gasteiger partial charge in [-0.25, -0.2) is 0 Å².